The summed E-state index contributed by atoms with van der Waals surface area (Å²) < 4.78 is 40.3. The Morgan fingerprint density at radius 2 is 1.60 bits per heavy atom. The van der Waals surface area contributed by atoms with Crippen molar-refractivity contribution in [3.8, 4) is 0 Å². The van der Waals surface area contributed by atoms with Crippen molar-refractivity contribution in [2.24, 2.45) is 5.92 Å². The fourth-order valence-corrected chi connectivity index (χ4v) is 5.99. The maximum absolute atomic E-state index is 13.6. The number of alkyl halides is 3. The van der Waals surface area contributed by atoms with Gasteiger partial charge >= 0.3 is 6.18 Å². The molecule has 2 aromatic carbocycles. The van der Waals surface area contributed by atoms with Crippen LogP contribution in [0.4, 0.5) is 13.2 Å². The van der Waals surface area contributed by atoms with Gasteiger partial charge in [-0.1, -0.05) is 41.4 Å². The Labute approximate surface area is 240 Å². The molecule has 2 heterocycles. The summed E-state index contributed by atoms with van der Waals surface area (Å²) in [6.07, 6.45) is -0.954. The third-order valence-corrected chi connectivity index (χ3v) is 8.63. The van der Waals surface area contributed by atoms with Crippen molar-refractivity contribution in [1.29, 1.82) is 0 Å². The minimum absolute atomic E-state index is 0.0362. The minimum Gasteiger partial charge on any atom is -0.340 e. The molecule has 0 radical (unpaired) electrons. The van der Waals surface area contributed by atoms with Crippen molar-refractivity contribution in [2.45, 2.75) is 37.4 Å². The number of likely N-dealkylation sites (N-methyl/N-ethyl adjacent to an activating group) is 1. The monoisotopic (exact) mass is 593 g/mol. The van der Waals surface area contributed by atoms with Crippen LogP contribution in [0.25, 0.3) is 0 Å². The molecule has 0 spiro atoms. The molecule has 0 unspecified atom stereocenters. The predicted molar refractivity (Wildman–Crippen MR) is 145 cm³/mol. The molecule has 40 heavy (non-hydrogen) atoms. The van der Waals surface area contributed by atoms with Gasteiger partial charge in [0, 0.05) is 61.2 Å². The maximum Gasteiger partial charge on any atom is 0.417 e. The quantitative estimate of drug-likeness (QED) is 0.450. The van der Waals surface area contributed by atoms with E-state index in [1.165, 1.54) is 11.0 Å². The van der Waals surface area contributed by atoms with E-state index in [9.17, 15) is 27.6 Å². The number of amides is 3. The first-order chi connectivity index (χ1) is 18.9. The fourth-order valence-electron chi connectivity index (χ4n) is 5.64. The summed E-state index contributed by atoms with van der Waals surface area (Å²) in [4.78, 5) is 44.3. The number of carbonyl (C=O) groups excluding carboxylic acids is 3. The second-order valence-electron chi connectivity index (χ2n) is 10.6. The highest BCUT2D eigenvalue weighted by molar-refractivity contribution is 6.31. The van der Waals surface area contributed by atoms with E-state index in [0.29, 0.717) is 37.5 Å². The van der Waals surface area contributed by atoms with E-state index in [1.54, 1.807) is 29.0 Å². The molecule has 3 aliphatic rings. The van der Waals surface area contributed by atoms with E-state index in [2.05, 4.69) is 0 Å². The Morgan fingerprint density at radius 3 is 2.20 bits per heavy atom. The van der Waals surface area contributed by atoms with Gasteiger partial charge in [0.05, 0.1) is 16.6 Å². The largest absolute Gasteiger partial charge is 0.417 e. The Morgan fingerprint density at radius 1 is 0.950 bits per heavy atom. The van der Waals surface area contributed by atoms with Crippen molar-refractivity contribution >= 4 is 40.9 Å². The Balaban J connectivity index is 1.35. The van der Waals surface area contributed by atoms with Gasteiger partial charge in [0.2, 0.25) is 11.8 Å². The second-order valence-corrected chi connectivity index (χ2v) is 11.4. The first-order valence-electron chi connectivity index (χ1n) is 13.1. The summed E-state index contributed by atoms with van der Waals surface area (Å²) in [5, 5.41) is 0.0600. The molecule has 6 nitrogen and oxygen atoms in total. The Bertz CT molecular complexity index is 1350. The molecule has 1 aliphatic carbocycles. The molecule has 3 amide bonds. The number of piperidine rings is 1. The van der Waals surface area contributed by atoms with Crippen LogP contribution in [0.5, 0.6) is 0 Å². The molecule has 5 rings (SSSR count). The third kappa shape index (κ3) is 5.86. The molecule has 2 atom stereocenters. The fraction of sp³-hybridized carbons (Fsp3) is 0.414. The normalized spacial score (nSPS) is 21.3. The lowest BCUT2D eigenvalue weighted by Crippen LogP contribution is -2.45. The highest BCUT2D eigenvalue weighted by Crippen LogP contribution is 2.37. The van der Waals surface area contributed by atoms with E-state index >= 15 is 0 Å². The number of hydrogen-bond donors (Lipinski definition) is 0. The summed E-state index contributed by atoms with van der Waals surface area (Å²) >= 11 is 11.8. The summed E-state index contributed by atoms with van der Waals surface area (Å²) in [5.74, 6) is -1.10. The SMILES string of the molecule is CN(C(=O)c1ccc(Cl)c(C(F)(F)F)c1)[C@H]1CN(C(=O)C2CCN(C(=O)C3=CC3)CC2)C[C@@H]1c1ccc(Cl)cc1. The summed E-state index contributed by atoms with van der Waals surface area (Å²) in [6, 6.07) is 9.78. The summed E-state index contributed by atoms with van der Waals surface area (Å²) in [7, 11) is 1.54. The van der Waals surface area contributed by atoms with Crippen molar-refractivity contribution in [2.75, 3.05) is 33.2 Å². The van der Waals surface area contributed by atoms with Crippen LogP contribution in [-0.2, 0) is 15.8 Å². The average Bonchev–Trinajstić information content (AvgIpc) is 3.70. The molecular formula is C29H28Cl2F3N3O3. The van der Waals surface area contributed by atoms with Gasteiger partial charge < -0.3 is 14.7 Å². The van der Waals surface area contributed by atoms with Gasteiger partial charge in [-0.15, -0.1) is 0 Å². The average molecular weight is 594 g/mol. The number of carbonyl (C=O) groups is 3. The molecule has 2 saturated heterocycles. The molecule has 2 aromatic rings. The Kier molecular flexibility index (Phi) is 7.90. The van der Waals surface area contributed by atoms with Crippen LogP contribution in [0.1, 0.15) is 46.7 Å². The lowest BCUT2D eigenvalue weighted by Gasteiger charge is -2.33. The van der Waals surface area contributed by atoms with Crippen LogP contribution in [0.15, 0.2) is 54.1 Å². The van der Waals surface area contributed by atoms with Crippen LogP contribution < -0.4 is 0 Å². The number of likely N-dealkylation sites (tertiary alicyclic amines) is 2. The van der Waals surface area contributed by atoms with Crippen LogP contribution in [0, 0.1) is 5.92 Å². The zero-order chi connectivity index (χ0) is 28.8. The molecule has 212 valence electrons. The van der Waals surface area contributed by atoms with Crippen molar-refractivity contribution in [3.05, 3.63) is 80.8 Å². The number of benzene rings is 2. The first-order valence-corrected chi connectivity index (χ1v) is 13.9. The number of rotatable bonds is 5. The van der Waals surface area contributed by atoms with Gasteiger partial charge in [0.15, 0.2) is 0 Å². The van der Waals surface area contributed by atoms with Gasteiger partial charge in [-0.3, -0.25) is 14.4 Å². The zero-order valence-electron chi connectivity index (χ0n) is 21.8. The van der Waals surface area contributed by atoms with E-state index in [0.717, 1.165) is 29.7 Å². The van der Waals surface area contributed by atoms with Gasteiger partial charge in [0.25, 0.3) is 5.91 Å². The van der Waals surface area contributed by atoms with E-state index in [1.807, 2.05) is 18.2 Å². The van der Waals surface area contributed by atoms with Gasteiger partial charge in [0.1, 0.15) is 0 Å². The number of nitrogens with zero attached hydrogens (tertiary/aromatic N) is 3. The van der Waals surface area contributed by atoms with E-state index < -0.39 is 28.7 Å². The van der Waals surface area contributed by atoms with Crippen LogP contribution >= 0.6 is 23.2 Å². The van der Waals surface area contributed by atoms with Gasteiger partial charge in [-0.25, -0.2) is 0 Å². The third-order valence-electron chi connectivity index (χ3n) is 8.05. The second kappa shape index (κ2) is 11.1. The molecular weight excluding hydrogens is 566 g/mol. The lowest BCUT2D eigenvalue weighted by molar-refractivity contribution is -0.138. The van der Waals surface area contributed by atoms with E-state index in [4.69, 9.17) is 23.2 Å². The van der Waals surface area contributed by atoms with Gasteiger partial charge in [-0.2, -0.15) is 13.2 Å². The topological polar surface area (TPSA) is 60.9 Å². The highest BCUT2D eigenvalue weighted by Gasteiger charge is 2.43. The van der Waals surface area contributed by atoms with E-state index in [-0.39, 0.29) is 35.8 Å². The maximum atomic E-state index is 13.6. The number of halogens is 5. The number of allylic oxidation sites excluding steroid dienone is 1. The predicted octanol–water partition coefficient (Wildman–Crippen LogP) is 5.65. The molecule has 2 fully saturated rings. The van der Waals surface area contributed by atoms with Gasteiger partial charge in [-0.05, 0) is 55.2 Å². The molecule has 0 bridgehead atoms. The standard InChI is InChI=1S/C29H28Cl2F3N3O3/c1-35(26(38)20-6-9-24(31)23(14-20)29(32,33)34)25-16-37(15-22(25)17-4-7-21(30)8-5-17)28(40)19-10-12-36(13-11-19)27(39)18-2-3-18/h2,4-9,14,19,22,25H,3,10-13,15-16H2,1H3/t22-,25+/m1/s1. The van der Waals surface area contributed by atoms with Crippen LogP contribution in [0.3, 0.4) is 0 Å². The summed E-state index contributed by atoms with van der Waals surface area (Å²) in [6.45, 7) is 1.62. The smallest absolute Gasteiger partial charge is 0.340 e. The minimum atomic E-state index is -4.70. The van der Waals surface area contributed by atoms with Crippen molar-refractivity contribution < 1.29 is 27.6 Å². The molecule has 11 heteroatoms. The Hall–Kier alpha value is -3.04. The molecule has 2 aliphatic heterocycles. The molecule has 0 saturated carbocycles. The van der Waals surface area contributed by atoms with Crippen molar-refractivity contribution in [3.63, 3.8) is 0 Å². The molecule has 0 aromatic heterocycles. The number of hydrogen-bond acceptors (Lipinski definition) is 3. The van der Waals surface area contributed by atoms with Crippen LogP contribution in [-0.4, -0.2) is 71.7 Å². The van der Waals surface area contributed by atoms with Crippen LogP contribution in [0.2, 0.25) is 10.0 Å². The highest BCUT2D eigenvalue weighted by atomic mass is 35.5. The lowest BCUT2D eigenvalue weighted by atomic mass is 9.93. The first kappa shape index (κ1) is 28.5. The summed E-state index contributed by atoms with van der Waals surface area (Å²) in [5.41, 5.74) is 0.485. The van der Waals surface area contributed by atoms with Crippen molar-refractivity contribution in [1.82, 2.24) is 14.7 Å². The zero-order valence-corrected chi connectivity index (χ0v) is 23.3. The molecule has 0 N–H and O–H groups in total.